The van der Waals surface area contributed by atoms with Gasteiger partial charge in [-0.05, 0) is 6.42 Å². The van der Waals surface area contributed by atoms with Crippen molar-refractivity contribution in [2.45, 2.75) is 96.8 Å². The van der Waals surface area contributed by atoms with Gasteiger partial charge in [0.25, 0.3) is 0 Å². The minimum absolute atomic E-state index is 0. The highest BCUT2D eigenvalue weighted by Gasteiger charge is 2.05. The Kier molecular flexibility index (Phi) is 21.9. The average Bonchev–Trinajstić information content (AvgIpc) is 2.49. The predicted molar refractivity (Wildman–Crippen MR) is 104 cm³/mol. The molecule has 0 aliphatic heterocycles. The molecule has 0 aliphatic carbocycles. The van der Waals surface area contributed by atoms with Crippen LogP contribution in [0.5, 0.6) is 0 Å². The highest BCUT2D eigenvalue weighted by atomic mass is 79.9. The van der Waals surface area contributed by atoms with Crippen LogP contribution >= 0.6 is 0 Å². The van der Waals surface area contributed by atoms with E-state index in [1.165, 1.54) is 89.9 Å². The molecular formula is C21H46BrNO. The number of rotatable bonds is 18. The summed E-state index contributed by atoms with van der Waals surface area (Å²) in [5.41, 5.74) is 0. The third-order valence-electron chi connectivity index (χ3n) is 4.55. The fourth-order valence-corrected chi connectivity index (χ4v) is 2.84. The van der Waals surface area contributed by atoms with Crippen LogP contribution in [0.25, 0.3) is 0 Å². The van der Waals surface area contributed by atoms with Crippen LogP contribution in [0.2, 0.25) is 0 Å². The maximum absolute atomic E-state index is 5.70. The zero-order chi connectivity index (χ0) is 17.2. The number of unbranched alkanes of at least 4 members (excludes halogenated alkanes) is 13. The van der Waals surface area contributed by atoms with E-state index >= 15 is 0 Å². The first-order valence-corrected chi connectivity index (χ1v) is 10.4. The van der Waals surface area contributed by atoms with Crippen LogP contribution in [0.4, 0.5) is 0 Å². The molecule has 0 aromatic carbocycles. The molecule has 0 saturated carbocycles. The number of nitrogens with zero attached hydrogens (tertiary/aromatic N) is 1. The predicted octanol–water partition coefficient (Wildman–Crippen LogP) is 3.19. The van der Waals surface area contributed by atoms with Gasteiger partial charge in [0.15, 0.2) is 0 Å². The SMILES string of the molecule is CCCCCCCCCCCCCCCCOCC[N+](C)(C)C.[Br-]. The van der Waals surface area contributed by atoms with Gasteiger partial charge in [-0.1, -0.05) is 90.4 Å². The maximum Gasteiger partial charge on any atom is 0.102 e. The first-order chi connectivity index (χ1) is 11.1. The lowest BCUT2D eigenvalue weighted by molar-refractivity contribution is -0.870. The van der Waals surface area contributed by atoms with Gasteiger partial charge < -0.3 is 26.2 Å². The molecule has 0 aromatic heterocycles. The van der Waals surface area contributed by atoms with Crippen molar-refractivity contribution < 1.29 is 26.2 Å². The van der Waals surface area contributed by atoms with E-state index in [1.807, 2.05) is 0 Å². The van der Waals surface area contributed by atoms with E-state index in [4.69, 9.17) is 4.74 Å². The number of hydrogen-bond donors (Lipinski definition) is 0. The summed E-state index contributed by atoms with van der Waals surface area (Å²) >= 11 is 0. The van der Waals surface area contributed by atoms with Gasteiger partial charge >= 0.3 is 0 Å². The van der Waals surface area contributed by atoms with Crippen molar-refractivity contribution in [2.24, 2.45) is 0 Å². The largest absolute Gasteiger partial charge is 1.00 e. The van der Waals surface area contributed by atoms with Crippen molar-refractivity contribution in [3.05, 3.63) is 0 Å². The molecule has 0 unspecified atom stereocenters. The minimum atomic E-state index is 0. The van der Waals surface area contributed by atoms with Gasteiger partial charge in [0.1, 0.15) is 6.54 Å². The van der Waals surface area contributed by atoms with Crippen molar-refractivity contribution in [3.8, 4) is 0 Å². The highest BCUT2D eigenvalue weighted by Crippen LogP contribution is 2.12. The number of ether oxygens (including phenoxy) is 1. The van der Waals surface area contributed by atoms with Crippen LogP contribution in [-0.2, 0) is 4.74 Å². The molecule has 0 N–H and O–H groups in total. The second-order valence-corrected chi connectivity index (χ2v) is 8.22. The van der Waals surface area contributed by atoms with Gasteiger partial charge in [-0.2, -0.15) is 0 Å². The van der Waals surface area contributed by atoms with Crippen molar-refractivity contribution in [1.82, 2.24) is 0 Å². The summed E-state index contributed by atoms with van der Waals surface area (Å²) in [5.74, 6) is 0. The van der Waals surface area contributed by atoms with E-state index in [-0.39, 0.29) is 17.0 Å². The Hall–Kier alpha value is 0.400. The van der Waals surface area contributed by atoms with Gasteiger partial charge in [-0.25, -0.2) is 0 Å². The van der Waals surface area contributed by atoms with E-state index < -0.39 is 0 Å². The summed E-state index contributed by atoms with van der Waals surface area (Å²) in [6.07, 6.45) is 19.9. The Bertz CT molecular complexity index is 228. The minimum Gasteiger partial charge on any atom is -1.00 e. The van der Waals surface area contributed by atoms with E-state index in [0.717, 1.165) is 24.2 Å². The van der Waals surface area contributed by atoms with Gasteiger partial charge in [-0.3, -0.25) is 0 Å². The fourth-order valence-electron chi connectivity index (χ4n) is 2.84. The summed E-state index contributed by atoms with van der Waals surface area (Å²) in [7, 11) is 6.65. The number of halogens is 1. The molecule has 0 amide bonds. The Morgan fingerprint density at radius 2 is 0.917 bits per heavy atom. The molecule has 0 fully saturated rings. The molecule has 0 bridgehead atoms. The Morgan fingerprint density at radius 3 is 1.29 bits per heavy atom. The highest BCUT2D eigenvalue weighted by molar-refractivity contribution is 4.49. The monoisotopic (exact) mass is 407 g/mol. The second-order valence-electron chi connectivity index (χ2n) is 8.22. The van der Waals surface area contributed by atoms with E-state index in [0.29, 0.717) is 0 Å². The number of likely N-dealkylation sites (N-methyl/N-ethyl adjacent to an activating group) is 1. The van der Waals surface area contributed by atoms with Crippen molar-refractivity contribution >= 4 is 0 Å². The normalized spacial score (nSPS) is 11.5. The molecule has 0 heterocycles. The third kappa shape index (κ3) is 24.6. The molecule has 0 spiro atoms. The third-order valence-corrected chi connectivity index (χ3v) is 4.55. The lowest BCUT2D eigenvalue weighted by Crippen LogP contribution is -3.00. The summed E-state index contributed by atoms with van der Waals surface area (Å²) in [4.78, 5) is 0. The zero-order valence-electron chi connectivity index (χ0n) is 17.3. The summed E-state index contributed by atoms with van der Waals surface area (Å²) < 4.78 is 6.70. The van der Waals surface area contributed by atoms with Crippen molar-refractivity contribution in [2.75, 3.05) is 40.9 Å². The van der Waals surface area contributed by atoms with Gasteiger partial charge in [0.05, 0.1) is 27.7 Å². The molecule has 0 aliphatic rings. The first-order valence-electron chi connectivity index (χ1n) is 10.4. The molecule has 0 rings (SSSR count). The van der Waals surface area contributed by atoms with Crippen LogP contribution in [0.3, 0.4) is 0 Å². The van der Waals surface area contributed by atoms with E-state index in [1.54, 1.807) is 0 Å². The first kappa shape index (κ1) is 26.6. The molecular weight excluding hydrogens is 362 g/mol. The fraction of sp³-hybridized carbons (Fsp3) is 1.00. The number of quaternary nitrogens is 1. The summed E-state index contributed by atoms with van der Waals surface area (Å²) in [5, 5.41) is 0. The lowest BCUT2D eigenvalue weighted by atomic mass is 10.0. The quantitative estimate of drug-likeness (QED) is 0.250. The molecule has 2 nitrogen and oxygen atoms in total. The molecule has 0 aromatic rings. The molecule has 3 heteroatoms. The second kappa shape index (κ2) is 19.7. The maximum atomic E-state index is 5.70. The molecule has 24 heavy (non-hydrogen) atoms. The standard InChI is InChI=1S/C21H46NO.BrH/c1-5-6-7-8-9-10-11-12-13-14-15-16-17-18-20-23-21-19-22(2,3)4;/h5-21H2,1-4H3;1H/q+1;/p-1. The molecule has 0 radical (unpaired) electrons. The molecule has 0 atom stereocenters. The van der Waals surface area contributed by atoms with Gasteiger partial charge in [-0.15, -0.1) is 0 Å². The molecule has 0 saturated heterocycles. The van der Waals surface area contributed by atoms with Crippen molar-refractivity contribution in [1.29, 1.82) is 0 Å². The van der Waals surface area contributed by atoms with E-state index in [9.17, 15) is 0 Å². The lowest BCUT2D eigenvalue weighted by Gasteiger charge is -2.23. The number of hydrogen-bond acceptors (Lipinski definition) is 1. The summed E-state index contributed by atoms with van der Waals surface area (Å²) in [6.45, 7) is 5.26. The smallest absolute Gasteiger partial charge is 0.102 e. The van der Waals surface area contributed by atoms with Gasteiger partial charge in [0, 0.05) is 6.61 Å². The van der Waals surface area contributed by atoms with Crippen LogP contribution < -0.4 is 17.0 Å². The Morgan fingerprint density at radius 1 is 0.542 bits per heavy atom. The Balaban J connectivity index is 0. The van der Waals surface area contributed by atoms with Gasteiger partial charge in [0.2, 0.25) is 0 Å². The topological polar surface area (TPSA) is 9.23 Å². The van der Waals surface area contributed by atoms with Crippen molar-refractivity contribution in [3.63, 3.8) is 0 Å². The summed E-state index contributed by atoms with van der Waals surface area (Å²) in [6, 6.07) is 0. The van der Waals surface area contributed by atoms with Crippen LogP contribution in [-0.4, -0.2) is 45.4 Å². The van der Waals surface area contributed by atoms with E-state index in [2.05, 4.69) is 28.1 Å². The Labute approximate surface area is 164 Å². The zero-order valence-corrected chi connectivity index (χ0v) is 18.8. The molecule has 148 valence electrons. The van der Waals surface area contributed by atoms with Crippen LogP contribution in [0.1, 0.15) is 96.8 Å². The average molecular weight is 409 g/mol. The van der Waals surface area contributed by atoms with Crippen LogP contribution in [0, 0.1) is 0 Å². The van der Waals surface area contributed by atoms with Crippen LogP contribution in [0.15, 0.2) is 0 Å².